The number of rotatable bonds is 20. The van der Waals surface area contributed by atoms with Crippen molar-refractivity contribution in [1.29, 1.82) is 1.28 Å². The molecule has 2 atom stereocenters. The third-order valence-corrected chi connectivity index (χ3v) is 44.9. The predicted molar refractivity (Wildman–Crippen MR) is 634 cm³/mol. The van der Waals surface area contributed by atoms with E-state index in [4.69, 9.17) is 1.28 Å². The molecule has 0 N–H and O–H groups in total. The van der Waals surface area contributed by atoms with Crippen LogP contribution < -0.4 is 53.0 Å². The molecule has 0 bridgehead atoms. The van der Waals surface area contributed by atoms with Crippen molar-refractivity contribution in [2.24, 2.45) is 0 Å². The third kappa shape index (κ3) is 31.0. The fourth-order valence-electron chi connectivity index (χ4n) is 21.1. The number of halogens is 1. The van der Waals surface area contributed by atoms with Crippen molar-refractivity contribution in [2.45, 2.75) is 225 Å². The first kappa shape index (κ1) is 116. The molecule has 138 heavy (non-hydrogen) atoms. The monoisotopic (exact) mass is 2060 g/mol. The maximum Gasteiger partial charge on any atom is 2.00 e. The first-order valence-corrected chi connectivity index (χ1v) is 59.4. The van der Waals surface area contributed by atoms with Gasteiger partial charge >= 0.3 is 34.1 Å². The van der Waals surface area contributed by atoms with Gasteiger partial charge in [0.15, 0.2) is 0 Å². The van der Waals surface area contributed by atoms with Gasteiger partial charge in [-0.3, -0.25) is 0 Å². The third-order valence-electron chi connectivity index (χ3n) is 26.5. The molecule has 2 unspecified atom stereocenters. The van der Waals surface area contributed by atoms with Gasteiger partial charge in [-0.25, -0.2) is 4.20 Å². The summed E-state index contributed by atoms with van der Waals surface area (Å²) in [5.74, 6) is 0. The smallest absolute Gasteiger partial charge is 0.358 e. The standard InChI is InChI=1S/C44H32P2.C22H18.2C17H19P.2C11H23P.CH4.4CH3.FH3P2.2Fe/c1-5-19-35(20-6-1)45(36-21-7-2-8-22-36)41-31-29-33-17-13-15-27-39(33)43(41)44-40-28-16-14-18-34(40)30-32-42(44)46(37-23-9-3-10-24-37)38-25-11-4-12-26-38;1-15-11-13-17-7-3-5-9-19(17)21(15)22-16(2)12-14-18-8-4-6-10-20(18)22;2*1-3-9-15(10-4-1)18(17-13-7-8-14-17)16-11-5-2-6-12-16;2*1-9(2)12(10(3)4)11-7-5-6-8-11;;;;;;1-3-2;;/h1-32H;3-14H,1-2H3;2*1-6,9-12,17H,7-8,13-14H2;2*9-11H,5-8H2,1-4H3;1H4;4*1H3;3H,2H2;;/q;;;;;;;4*-1;;2*+2/i;;;;;;;;;;;3D;;. The van der Waals surface area contributed by atoms with E-state index < -0.39 is 24.4 Å². The van der Waals surface area contributed by atoms with Gasteiger partial charge in [0.2, 0.25) is 0 Å². The van der Waals surface area contributed by atoms with Crippen LogP contribution in [-0.2, 0) is 34.1 Å². The fourth-order valence-corrected chi connectivity index (χ4v) is 39.8. The molecule has 0 radical (unpaired) electrons. The fraction of sp³-hybridized carbons (Fsp3) is 0.276. The number of aryl methyl sites for hydroxylation is 2. The predicted octanol–water partition coefficient (Wildman–Crippen LogP) is 35.8. The van der Waals surface area contributed by atoms with Gasteiger partial charge in [-0.1, -0.05) is 527 Å². The molecule has 4 fully saturated rings. The van der Waals surface area contributed by atoms with Crippen LogP contribution in [0.3, 0.4) is 0 Å². The second-order valence-corrected chi connectivity index (χ2v) is 54.1. The van der Waals surface area contributed by atoms with Crippen molar-refractivity contribution in [3.8, 4) is 22.3 Å². The summed E-state index contributed by atoms with van der Waals surface area (Å²) in [5.41, 5.74) is 15.9. The van der Waals surface area contributed by atoms with Crippen molar-refractivity contribution in [2.75, 3.05) is 0 Å². The Morgan fingerprint density at radius 1 is 0.254 bits per heavy atom. The minimum Gasteiger partial charge on any atom is -0.358 e. The summed E-state index contributed by atoms with van der Waals surface area (Å²) < 4.78 is 16.6. The van der Waals surface area contributed by atoms with Crippen LogP contribution in [0.25, 0.3) is 65.3 Å². The molecule has 20 rings (SSSR count). The van der Waals surface area contributed by atoms with Crippen LogP contribution in [0, 0.1) is 43.6 Å². The Hall–Kier alpha value is -7.03. The number of hydrogen-bond donors (Lipinski definition) is 0. The summed E-state index contributed by atoms with van der Waals surface area (Å²) in [5, 5.41) is 24.8. The van der Waals surface area contributed by atoms with Crippen LogP contribution in [0.4, 0.5) is 4.20 Å². The average molecular weight is 2060 g/mol. The Balaban J connectivity index is 0.000000240. The number of fused-ring (bicyclic) bond motifs is 4. The minimum absolute atomic E-state index is 0. The molecule has 0 amide bonds. The molecule has 724 valence electrons. The molecule has 16 aromatic carbocycles. The van der Waals surface area contributed by atoms with Crippen molar-refractivity contribution in [3.63, 3.8) is 0 Å². The zero-order valence-corrected chi connectivity index (χ0v) is 93.3. The van der Waals surface area contributed by atoms with Gasteiger partial charge in [0.05, 0.1) is 9.80 Å². The zero-order chi connectivity index (χ0) is 92.1. The molecule has 0 saturated heterocycles. The minimum atomic E-state index is -1.95. The van der Waals surface area contributed by atoms with Gasteiger partial charge in [-0.05, 0) is 272 Å². The van der Waals surface area contributed by atoms with E-state index in [2.05, 4.69) is 457 Å². The summed E-state index contributed by atoms with van der Waals surface area (Å²) in [6.07, 6.45) is 23.5. The zero-order valence-electron chi connectivity index (χ0n) is 84.7. The van der Waals surface area contributed by atoms with E-state index in [0.29, 0.717) is 15.8 Å². The summed E-state index contributed by atoms with van der Waals surface area (Å²) in [6.45, 7) is 23.8. The average Bonchev–Trinajstić information content (AvgIpc) is 1.03. The Labute approximate surface area is 869 Å². The molecule has 0 aliphatic heterocycles. The Kier molecular flexibility index (Phi) is 51.5. The largest absolute Gasteiger partial charge is 2.00 e. The first-order valence-electron chi connectivity index (χ1n) is 48.8. The Morgan fingerprint density at radius 3 is 0.638 bits per heavy atom. The topological polar surface area (TPSA) is 0 Å². The van der Waals surface area contributed by atoms with E-state index in [1.165, 1.54) is 211 Å². The molecule has 0 aromatic heterocycles. The van der Waals surface area contributed by atoms with Crippen molar-refractivity contribution < 1.29 is 38.3 Å². The van der Waals surface area contributed by atoms with E-state index in [9.17, 15) is 4.20 Å². The van der Waals surface area contributed by atoms with E-state index in [1.54, 1.807) is 30.1 Å². The number of hydrogen-bond acceptors (Lipinski definition) is 0. The molecular weight excluding hydrogens is 1900 g/mol. The molecule has 4 aliphatic rings. The molecule has 4 aliphatic carbocycles. The van der Waals surface area contributed by atoms with Gasteiger partial charge < -0.3 is 29.7 Å². The summed E-state index contributed by atoms with van der Waals surface area (Å²) in [6, 6.07) is 143. The molecule has 0 heterocycles. The first-order chi connectivity index (χ1) is 64.5. The maximum atomic E-state index is 10.7. The second kappa shape index (κ2) is 61.2. The van der Waals surface area contributed by atoms with Crippen molar-refractivity contribution >= 4 is 161 Å². The molecular formula is C127H153FFe2P8. The molecule has 0 nitrogen and oxygen atoms in total. The van der Waals surface area contributed by atoms with Gasteiger partial charge in [0, 0.05) is 0 Å². The molecule has 11 heteroatoms. The van der Waals surface area contributed by atoms with Crippen LogP contribution in [0.15, 0.2) is 388 Å². The van der Waals surface area contributed by atoms with Crippen LogP contribution in [0.5, 0.6) is 0 Å². The summed E-state index contributed by atoms with van der Waals surface area (Å²) in [7, 11) is -1.60. The van der Waals surface area contributed by atoms with Crippen molar-refractivity contribution in [3.05, 3.63) is 429 Å². The second-order valence-electron chi connectivity index (χ2n) is 36.5. The van der Waals surface area contributed by atoms with E-state index in [1.807, 2.05) is 0 Å². The molecule has 0 spiro atoms. The van der Waals surface area contributed by atoms with E-state index in [0.717, 1.165) is 45.3 Å². The van der Waals surface area contributed by atoms with Gasteiger partial charge in [0.1, 0.15) is 0 Å². The normalized spacial score (nSPS) is 13.8. The van der Waals surface area contributed by atoms with E-state index in [-0.39, 0.29) is 87.1 Å². The van der Waals surface area contributed by atoms with Gasteiger partial charge in [-0.15, -0.1) is 0 Å². The van der Waals surface area contributed by atoms with Crippen LogP contribution in [0.2, 0.25) is 0 Å². The van der Waals surface area contributed by atoms with Crippen molar-refractivity contribution in [1.82, 2.24) is 0 Å². The number of benzene rings is 16. The van der Waals surface area contributed by atoms with Gasteiger partial charge in [-0.2, -0.15) is 0 Å². The van der Waals surface area contributed by atoms with Crippen LogP contribution in [0.1, 0.15) is 177 Å². The summed E-state index contributed by atoms with van der Waals surface area (Å²) >= 11 is 0. The quantitative estimate of drug-likeness (QED) is 0.0405. The van der Waals surface area contributed by atoms with E-state index >= 15 is 0 Å². The van der Waals surface area contributed by atoms with Gasteiger partial charge in [0.25, 0.3) is 0 Å². The van der Waals surface area contributed by atoms with Crippen LogP contribution in [-0.4, -0.2) is 46.6 Å². The maximum absolute atomic E-state index is 10.7. The molecule has 4 saturated carbocycles. The Morgan fingerprint density at radius 2 is 0.428 bits per heavy atom. The van der Waals surface area contributed by atoms with Crippen LogP contribution >= 0.6 is 65.0 Å². The molecule has 16 aromatic rings. The SMILES string of the molecule is C.CC(C)P(C(C)C)C1CCCC1.CC(C)P(C(C)C)C1CCCC1.Cc1ccc2ccccc2c1-c1c(C)ccc2ccccc12.[2H]P(F)P.[CH3-].[CH3-].[CH3-].[CH3-].[Fe+2].[Fe+2].c1ccc(P(c2ccccc2)C2CCCC2)cc1.c1ccc(P(c2ccccc2)C2CCCC2)cc1.c1ccc(P(c2ccccc2)c2ccc3ccccc3c2-c2c(P(c3ccccc3)c3ccccc3)ccc3ccccc23)cc1. The Bertz CT molecular complexity index is 5590. The summed E-state index contributed by atoms with van der Waals surface area (Å²) in [4.78, 5) is 0.